The van der Waals surface area contributed by atoms with Crippen molar-refractivity contribution in [3.8, 4) is 0 Å². The Morgan fingerprint density at radius 1 is 1.39 bits per heavy atom. The van der Waals surface area contributed by atoms with E-state index in [1.165, 1.54) is 0 Å². The molecule has 0 aliphatic carbocycles. The van der Waals surface area contributed by atoms with Crippen LogP contribution in [0.4, 0.5) is 5.69 Å². The molecule has 0 unspecified atom stereocenters. The Morgan fingerprint density at radius 2 is 2.17 bits per heavy atom. The van der Waals surface area contributed by atoms with Crippen LogP contribution in [0.3, 0.4) is 0 Å². The smallest absolute Gasteiger partial charge is 0.146 e. The summed E-state index contributed by atoms with van der Waals surface area (Å²) in [5.41, 5.74) is 2.08. The molecular formula is C13H17ClN4. The maximum absolute atomic E-state index is 6.17. The van der Waals surface area contributed by atoms with Gasteiger partial charge in [-0.25, -0.2) is 9.67 Å². The molecule has 18 heavy (non-hydrogen) atoms. The predicted octanol–water partition coefficient (Wildman–Crippen LogP) is 3.43. The second-order valence-electron chi connectivity index (χ2n) is 4.50. The van der Waals surface area contributed by atoms with Crippen LogP contribution in [0.2, 0.25) is 5.02 Å². The van der Waals surface area contributed by atoms with Crippen molar-refractivity contribution >= 4 is 17.3 Å². The van der Waals surface area contributed by atoms with E-state index in [-0.39, 0.29) is 0 Å². The number of hydrogen-bond acceptors (Lipinski definition) is 3. The van der Waals surface area contributed by atoms with Gasteiger partial charge in [0.15, 0.2) is 0 Å². The predicted molar refractivity (Wildman–Crippen MR) is 73.9 cm³/mol. The molecule has 2 rings (SSSR count). The number of anilines is 1. The summed E-state index contributed by atoms with van der Waals surface area (Å²) in [5.74, 6) is 0.907. The summed E-state index contributed by atoms with van der Waals surface area (Å²) in [5, 5.41) is 8.26. The van der Waals surface area contributed by atoms with Gasteiger partial charge in [0, 0.05) is 6.04 Å². The summed E-state index contributed by atoms with van der Waals surface area (Å²) >= 11 is 6.17. The van der Waals surface area contributed by atoms with E-state index in [0.717, 1.165) is 22.1 Å². The molecular weight excluding hydrogens is 248 g/mol. The van der Waals surface area contributed by atoms with E-state index in [0.29, 0.717) is 12.6 Å². The number of halogens is 1. The fraction of sp³-hybridized carbons (Fsp3) is 0.385. The van der Waals surface area contributed by atoms with E-state index in [9.17, 15) is 0 Å². The Kier molecular flexibility index (Phi) is 3.87. The van der Waals surface area contributed by atoms with Gasteiger partial charge in [0.2, 0.25) is 0 Å². The van der Waals surface area contributed by atoms with Crippen molar-refractivity contribution in [2.24, 2.45) is 0 Å². The third-order valence-electron chi connectivity index (χ3n) is 2.78. The van der Waals surface area contributed by atoms with Gasteiger partial charge in [-0.3, -0.25) is 0 Å². The molecule has 1 heterocycles. The molecule has 4 nitrogen and oxygen atoms in total. The van der Waals surface area contributed by atoms with Crippen LogP contribution in [0.5, 0.6) is 0 Å². The maximum Gasteiger partial charge on any atom is 0.146 e. The van der Waals surface area contributed by atoms with Crippen LogP contribution in [-0.4, -0.2) is 14.8 Å². The first-order chi connectivity index (χ1) is 8.59. The highest BCUT2D eigenvalue weighted by molar-refractivity contribution is 6.33. The van der Waals surface area contributed by atoms with E-state index in [1.54, 1.807) is 6.33 Å². The number of hydrogen-bond donors (Lipinski definition) is 1. The van der Waals surface area contributed by atoms with Gasteiger partial charge in [0.05, 0.1) is 17.3 Å². The van der Waals surface area contributed by atoms with Crippen LogP contribution in [0.25, 0.3) is 0 Å². The number of benzene rings is 1. The van der Waals surface area contributed by atoms with Gasteiger partial charge in [-0.1, -0.05) is 23.7 Å². The summed E-state index contributed by atoms with van der Waals surface area (Å²) < 4.78 is 1.90. The zero-order valence-corrected chi connectivity index (χ0v) is 11.6. The molecule has 0 spiro atoms. The van der Waals surface area contributed by atoms with E-state index < -0.39 is 0 Å². The lowest BCUT2D eigenvalue weighted by Crippen LogP contribution is -2.12. The minimum absolute atomic E-state index is 0.302. The third kappa shape index (κ3) is 2.64. The number of nitrogens with one attached hydrogen (secondary N) is 1. The lowest BCUT2D eigenvalue weighted by molar-refractivity contribution is 0.509. The van der Waals surface area contributed by atoms with Crippen molar-refractivity contribution in [3.63, 3.8) is 0 Å². The standard InChI is InChI=1S/C13H17ClN4/c1-9(2)18-12(16-8-17-18)7-15-13-10(3)5-4-6-11(13)14/h4-6,8-9,15H,7H2,1-3H3. The Balaban J connectivity index is 2.14. The average molecular weight is 265 g/mol. The van der Waals surface area contributed by atoms with Gasteiger partial charge >= 0.3 is 0 Å². The van der Waals surface area contributed by atoms with Gasteiger partial charge < -0.3 is 5.32 Å². The fourth-order valence-corrected chi connectivity index (χ4v) is 2.14. The van der Waals surface area contributed by atoms with Crippen LogP contribution in [0.1, 0.15) is 31.3 Å². The molecule has 0 atom stereocenters. The SMILES string of the molecule is Cc1cccc(Cl)c1NCc1ncnn1C(C)C. The summed E-state index contributed by atoms with van der Waals surface area (Å²) in [7, 11) is 0. The van der Waals surface area contributed by atoms with Crippen molar-refractivity contribution in [1.82, 2.24) is 14.8 Å². The summed E-state index contributed by atoms with van der Waals surface area (Å²) in [4.78, 5) is 4.26. The molecule has 0 fully saturated rings. The summed E-state index contributed by atoms with van der Waals surface area (Å²) in [6.45, 7) is 6.81. The lowest BCUT2D eigenvalue weighted by atomic mass is 10.2. The lowest BCUT2D eigenvalue weighted by Gasteiger charge is -2.13. The minimum Gasteiger partial charge on any atom is -0.376 e. The maximum atomic E-state index is 6.17. The zero-order valence-electron chi connectivity index (χ0n) is 10.8. The highest BCUT2D eigenvalue weighted by Gasteiger charge is 2.09. The molecule has 5 heteroatoms. The molecule has 0 saturated carbocycles. The Bertz CT molecular complexity index is 513. The van der Waals surface area contributed by atoms with Gasteiger partial charge in [-0.2, -0.15) is 5.10 Å². The van der Waals surface area contributed by atoms with E-state index in [1.807, 2.05) is 29.8 Å². The van der Waals surface area contributed by atoms with E-state index in [4.69, 9.17) is 11.6 Å². The first kappa shape index (κ1) is 12.9. The largest absolute Gasteiger partial charge is 0.376 e. The third-order valence-corrected chi connectivity index (χ3v) is 3.10. The molecule has 1 aromatic heterocycles. The van der Waals surface area contributed by atoms with Crippen LogP contribution in [-0.2, 0) is 6.54 Å². The number of rotatable bonds is 4. The average Bonchev–Trinajstić information content (AvgIpc) is 2.76. The van der Waals surface area contributed by atoms with Crippen LogP contribution in [0, 0.1) is 6.92 Å². The van der Waals surface area contributed by atoms with E-state index in [2.05, 4.69) is 29.2 Å². The van der Waals surface area contributed by atoms with E-state index >= 15 is 0 Å². The zero-order chi connectivity index (χ0) is 13.1. The Morgan fingerprint density at radius 3 is 2.83 bits per heavy atom. The number of aryl methyl sites for hydroxylation is 1. The van der Waals surface area contributed by atoms with Crippen molar-refractivity contribution in [1.29, 1.82) is 0 Å². The molecule has 0 amide bonds. The second kappa shape index (κ2) is 5.40. The molecule has 0 aliphatic heterocycles. The van der Waals surface area contributed by atoms with Crippen molar-refractivity contribution in [3.05, 3.63) is 40.9 Å². The number of nitrogens with zero attached hydrogens (tertiary/aromatic N) is 3. The number of aromatic nitrogens is 3. The fourth-order valence-electron chi connectivity index (χ4n) is 1.86. The summed E-state index contributed by atoms with van der Waals surface area (Å²) in [6.07, 6.45) is 1.58. The van der Waals surface area contributed by atoms with Crippen molar-refractivity contribution < 1.29 is 0 Å². The van der Waals surface area contributed by atoms with Gasteiger partial charge in [0.1, 0.15) is 12.2 Å². The molecule has 0 aliphatic rings. The monoisotopic (exact) mass is 264 g/mol. The molecule has 1 N–H and O–H groups in total. The van der Waals surface area contributed by atoms with Crippen LogP contribution in [0.15, 0.2) is 24.5 Å². The molecule has 2 aromatic rings. The molecule has 0 radical (unpaired) electrons. The molecule has 1 aromatic carbocycles. The molecule has 96 valence electrons. The van der Waals surface area contributed by atoms with Crippen LogP contribution >= 0.6 is 11.6 Å². The van der Waals surface area contributed by atoms with Crippen molar-refractivity contribution in [2.75, 3.05) is 5.32 Å². The van der Waals surface area contributed by atoms with Crippen LogP contribution < -0.4 is 5.32 Å². The first-order valence-electron chi connectivity index (χ1n) is 5.97. The van der Waals surface area contributed by atoms with Gasteiger partial charge in [-0.15, -0.1) is 0 Å². The Hall–Kier alpha value is -1.55. The minimum atomic E-state index is 0.302. The number of para-hydroxylation sites is 1. The molecule has 0 bridgehead atoms. The second-order valence-corrected chi connectivity index (χ2v) is 4.91. The topological polar surface area (TPSA) is 42.7 Å². The summed E-state index contributed by atoms with van der Waals surface area (Å²) in [6, 6.07) is 6.15. The molecule has 0 saturated heterocycles. The highest BCUT2D eigenvalue weighted by Crippen LogP contribution is 2.25. The Labute approximate surface area is 112 Å². The first-order valence-corrected chi connectivity index (χ1v) is 6.34. The van der Waals surface area contributed by atoms with Crippen molar-refractivity contribution in [2.45, 2.75) is 33.4 Å². The quantitative estimate of drug-likeness (QED) is 0.920. The highest BCUT2D eigenvalue weighted by atomic mass is 35.5. The van der Waals surface area contributed by atoms with Gasteiger partial charge in [-0.05, 0) is 32.4 Å². The normalized spacial score (nSPS) is 10.9. The van der Waals surface area contributed by atoms with Gasteiger partial charge in [0.25, 0.3) is 0 Å².